The Morgan fingerprint density at radius 2 is 1.87 bits per heavy atom. The van der Waals surface area contributed by atoms with Crippen molar-refractivity contribution in [2.24, 2.45) is 0 Å². The minimum Gasteiger partial charge on any atom is -0.469 e. The third-order valence-corrected chi connectivity index (χ3v) is 5.67. The van der Waals surface area contributed by atoms with Crippen LogP contribution in [0.3, 0.4) is 0 Å². The number of amides is 1. The van der Waals surface area contributed by atoms with Crippen LogP contribution in [0.1, 0.15) is 46.2 Å². The third-order valence-electron chi connectivity index (χ3n) is 5.33. The van der Waals surface area contributed by atoms with Gasteiger partial charge < -0.3 is 10.1 Å². The molecule has 1 N–H and O–H groups in total. The zero-order chi connectivity index (χ0) is 21.1. The molecule has 0 unspecified atom stereocenters. The summed E-state index contributed by atoms with van der Waals surface area (Å²) in [5.74, 6) is -0.753. The van der Waals surface area contributed by atoms with Crippen molar-refractivity contribution in [3.8, 4) is 5.69 Å². The van der Waals surface area contributed by atoms with E-state index in [0.717, 1.165) is 36.2 Å². The normalized spacial score (nSPS) is 13.5. The molecule has 154 valence electrons. The van der Waals surface area contributed by atoms with Gasteiger partial charge in [-0.15, -0.1) is 0 Å². The van der Waals surface area contributed by atoms with Gasteiger partial charge in [0.2, 0.25) is 0 Å². The van der Waals surface area contributed by atoms with Crippen LogP contribution >= 0.6 is 11.6 Å². The lowest BCUT2D eigenvalue weighted by atomic mass is 10.0. The maximum atomic E-state index is 13.2. The van der Waals surface area contributed by atoms with Crippen LogP contribution in [0, 0.1) is 0 Å². The number of esters is 1. The van der Waals surface area contributed by atoms with Crippen molar-refractivity contribution >= 4 is 23.5 Å². The van der Waals surface area contributed by atoms with Gasteiger partial charge in [-0.2, -0.15) is 5.10 Å². The van der Waals surface area contributed by atoms with Gasteiger partial charge in [-0.3, -0.25) is 9.59 Å². The zero-order valence-corrected chi connectivity index (χ0v) is 17.4. The van der Waals surface area contributed by atoms with Gasteiger partial charge in [0.25, 0.3) is 5.91 Å². The van der Waals surface area contributed by atoms with E-state index >= 15 is 0 Å². The highest BCUT2D eigenvalue weighted by molar-refractivity contribution is 6.31. The van der Waals surface area contributed by atoms with Gasteiger partial charge in [-0.1, -0.05) is 48.0 Å². The van der Waals surface area contributed by atoms with Crippen LogP contribution in [0.25, 0.3) is 5.69 Å². The first-order chi connectivity index (χ1) is 14.6. The summed E-state index contributed by atoms with van der Waals surface area (Å²) in [6.07, 6.45) is 2.64. The lowest BCUT2D eigenvalue weighted by Gasteiger charge is -2.19. The van der Waals surface area contributed by atoms with Crippen molar-refractivity contribution in [3.63, 3.8) is 0 Å². The molecule has 0 fully saturated rings. The highest BCUT2D eigenvalue weighted by Gasteiger charge is 2.29. The number of para-hydroxylation sites is 1. The molecule has 0 aliphatic heterocycles. The van der Waals surface area contributed by atoms with Crippen LogP contribution in [-0.4, -0.2) is 28.8 Å². The summed E-state index contributed by atoms with van der Waals surface area (Å²) in [5, 5.41) is 8.05. The smallest absolute Gasteiger partial charge is 0.307 e. The largest absolute Gasteiger partial charge is 0.469 e. The monoisotopic (exact) mass is 423 g/mol. The minimum absolute atomic E-state index is 0.0203. The molecule has 1 amide bonds. The van der Waals surface area contributed by atoms with E-state index < -0.39 is 12.0 Å². The molecular weight excluding hydrogens is 402 g/mol. The van der Waals surface area contributed by atoms with Gasteiger partial charge in [-0.25, -0.2) is 4.68 Å². The number of nitrogens with zero attached hydrogens (tertiary/aromatic N) is 2. The second-order valence-corrected chi connectivity index (χ2v) is 7.61. The predicted molar refractivity (Wildman–Crippen MR) is 114 cm³/mol. The van der Waals surface area contributed by atoms with Crippen LogP contribution in [0.2, 0.25) is 5.02 Å². The average Bonchev–Trinajstić information content (AvgIpc) is 3.37. The molecule has 1 atom stereocenters. The number of aromatic nitrogens is 2. The van der Waals surface area contributed by atoms with Crippen LogP contribution < -0.4 is 5.32 Å². The second-order valence-electron chi connectivity index (χ2n) is 7.20. The molecule has 0 bridgehead atoms. The van der Waals surface area contributed by atoms with Gasteiger partial charge >= 0.3 is 5.97 Å². The molecule has 0 radical (unpaired) electrons. The molecule has 1 aromatic heterocycles. The van der Waals surface area contributed by atoms with E-state index in [1.165, 1.54) is 7.11 Å². The summed E-state index contributed by atoms with van der Waals surface area (Å²) in [6.45, 7) is 0. The molecular formula is C23H22ClN3O3. The standard InChI is InChI=1S/C23H22ClN3O3/c1-30-21(28)14-19(16-10-5-6-12-18(16)24)25-23(29)22-17-11-7-13-20(17)27(26-22)15-8-3-2-4-9-15/h2-6,8-10,12,19H,7,11,13-14H2,1H3,(H,25,29)/t19-/m1/s1. The van der Waals surface area contributed by atoms with E-state index in [1.807, 2.05) is 41.1 Å². The van der Waals surface area contributed by atoms with Gasteiger partial charge in [0.05, 0.1) is 25.3 Å². The summed E-state index contributed by atoms with van der Waals surface area (Å²) in [6, 6.07) is 16.3. The number of ether oxygens (including phenoxy) is 1. The fraction of sp³-hybridized carbons (Fsp3) is 0.261. The first kappa shape index (κ1) is 20.2. The van der Waals surface area contributed by atoms with Crippen LogP contribution in [-0.2, 0) is 22.4 Å². The molecule has 0 saturated carbocycles. The molecule has 1 heterocycles. The lowest BCUT2D eigenvalue weighted by Crippen LogP contribution is -2.31. The Balaban J connectivity index is 1.67. The van der Waals surface area contributed by atoms with Crippen LogP contribution in [0.4, 0.5) is 0 Å². The maximum Gasteiger partial charge on any atom is 0.307 e. The summed E-state index contributed by atoms with van der Waals surface area (Å²) in [7, 11) is 1.32. The number of fused-ring (bicyclic) bond motifs is 1. The van der Waals surface area contributed by atoms with Crippen molar-refractivity contribution in [1.29, 1.82) is 0 Å². The maximum absolute atomic E-state index is 13.2. The first-order valence-corrected chi connectivity index (χ1v) is 10.2. The molecule has 4 rings (SSSR count). The summed E-state index contributed by atoms with van der Waals surface area (Å²) in [5.41, 5.74) is 4.01. The SMILES string of the molecule is COC(=O)C[C@@H](NC(=O)c1nn(-c2ccccc2)c2c1CCC2)c1ccccc1Cl. The van der Waals surface area contributed by atoms with E-state index in [9.17, 15) is 9.59 Å². The zero-order valence-electron chi connectivity index (χ0n) is 16.6. The summed E-state index contributed by atoms with van der Waals surface area (Å²) < 4.78 is 6.66. The summed E-state index contributed by atoms with van der Waals surface area (Å²) >= 11 is 6.33. The molecule has 3 aromatic rings. The second kappa shape index (κ2) is 8.71. The number of hydrogen-bond acceptors (Lipinski definition) is 4. The highest BCUT2D eigenvalue weighted by atomic mass is 35.5. The molecule has 30 heavy (non-hydrogen) atoms. The number of rotatable bonds is 6. The number of hydrogen-bond donors (Lipinski definition) is 1. The number of nitrogens with one attached hydrogen (secondary N) is 1. The van der Waals surface area contributed by atoms with E-state index in [4.69, 9.17) is 16.3 Å². The Hall–Kier alpha value is -3.12. The Morgan fingerprint density at radius 1 is 1.13 bits per heavy atom. The Kier molecular flexibility index (Phi) is 5.86. The fourth-order valence-corrected chi connectivity index (χ4v) is 4.14. The minimum atomic E-state index is -0.613. The predicted octanol–water partition coefficient (Wildman–Crippen LogP) is 4.05. The van der Waals surface area contributed by atoms with Crippen molar-refractivity contribution in [3.05, 3.63) is 82.1 Å². The molecule has 6 nitrogen and oxygen atoms in total. The third kappa shape index (κ3) is 3.96. The molecule has 0 saturated heterocycles. The van der Waals surface area contributed by atoms with Crippen molar-refractivity contribution < 1.29 is 14.3 Å². The van der Waals surface area contributed by atoms with Crippen LogP contribution in [0.15, 0.2) is 54.6 Å². The molecule has 1 aliphatic carbocycles. The molecule has 0 spiro atoms. The Bertz CT molecular complexity index is 1080. The van der Waals surface area contributed by atoms with E-state index in [2.05, 4.69) is 10.4 Å². The topological polar surface area (TPSA) is 73.2 Å². The van der Waals surface area contributed by atoms with Crippen molar-refractivity contribution in [2.45, 2.75) is 31.7 Å². The number of halogens is 1. The number of carbonyl (C=O) groups excluding carboxylic acids is 2. The Morgan fingerprint density at radius 3 is 2.60 bits per heavy atom. The van der Waals surface area contributed by atoms with Crippen molar-refractivity contribution in [2.75, 3.05) is 7.11 Å². The van der Waals surface area contributed by atoms with Gasteiger partial charge in [-0.05, 0) is 43.0 Å². The van der Waals surface area contributed by atoms with E-state index in [1.54, 1.807) is 18.2 Å². The van der Waals surface area contributed by atoms with Crippen LogP contribution in [0.5, 0.6) is 0 Å². The number of methoxy groups -OCH3 is 1. The fourth-order valence-electron chi connectivity index (χ4n) is 3.88. The van der Waals surface area contributed by atoms with Gasteiger partial charge in [0.15, 0.2) is 5.69 Å². The molecule has 7 heteroatoms. The molecule has 2 aromatic carbocycles. The highest BCUT2D eigenvalue weighted by Crippen LogP contribution is 2.30. The van der Waals surface area contributed by atoms with Gasteiger partial charge in [0, 0.05) is 16.3 Å². The number of benzene rings is 2. The lowest BCUT2D eigenvalue weighted by molar-refractivity contribution is -0.141. The molecule has 1 aliphatic rings. The average molecular weight is 424 g/mol. The Labute approximate surface area is 179 Å². The summed E-state index contributed by atoms with van der Waals surface area (Å²) in [4.78, 5) is 25.2. The van der Waals surface area contributed by atoms with Gasteiger partial charge in [0.1, 0.15) is 0 Å². The quantitative estimate of drug-likeness (QED) is 0.607. The number of carbonyl (C=O) groups is 2. The van der Waals surface area contributed by atoms with Crippen molar-refractivity contribution in [1.82, 2.24) is 15.1 Å². The first-order valence-electron chi connectivity index (χ1n) is 9.86. The van der Waals surface area contributed by atoms with E-state index in [0.29, 0.717) is 16.3 Å². The van der Waals surface area contributed by atoms with E-state index in [-0.39, 0.29) is 12.3 Å².